The van der Waals surface area contributed by atoms with Gasteiger partial charge in [0.2, 0.25) is 5.91 Å². The predicted octanol–water partition coefficient (Wildman–Crippen LogP) is 4.68. The molecule has 138 valence electrons. The average Bonchev–Trinajstić information content (AvgIpc) is 3.07. The van der Waals surface area contributed by atoms with Gasteiger partial charge in [-0.3, -0.25) is 4.79 Å². The van der Waals surface area contributed by atoms with Crippen LogP contribution in [0.2, 0.25) is 0 Å². The Kier molecular flexibility index (Phi) is 6.91. The summed E-state index contributed by atoms with van der Waals surface area (Å²) in [7, 11) is 1.63. The molecule has 0 radical (unpaired) electrons. The SMILES string of the molecule is COc1cc(/C=C\C(=O)N(C(C)C)C2CCCC2)ccc1OC(C)C. The molecule has 4 heteroatoms. The van der Waals surface area contributed by atoms with Gasteiger partial charge in [0.15, 0.2) is 11.5 Å². The lowest BCUT2D eigenvalue weighted by Gasteiger charge is -2.31. The van der Waals surface area contributed by atoms with Crippen LogP contribution in [0.1, 0.15) is 58.9 Å². The second kappa shape index (κ2) is 8.93. The molecule has 1 fully saturated rings. The molecular weight excluding hydrogens is 314 g/mol. The molecule has 25 heavy (non-hydrogen) atoms. The van der Waals surface area contributed by atoms with Crippen LogP contribution in [0.15, 0.2) is 24.3 Å². The normalized spacial score (nSPS) is 15.3. The van der Waals surface area contributed by atoms with Crippen molar-refractivity contribution in [3.05, 3.63) is 29.8 Å². The highest BCUT2D eigenvalue weighted by molar-refractivity contribution is 5.92. The minimum atomic E-state index is 0.0860. The van der Waals surface area contributed by atoms with Crippen LogP contribution in [-0.2, 0) is 4.79 Å². The van der Waals surface area contributed by atoms with Gasteiger partial charge in [-0.1, -0.05) is 18.9 Å². The molecule has 0 N–H and O–H groups in total. The van der Waals surface area contributed by atoms with Crippen molar-refractivity contribution in [1.29, 1.82) is 0 Å². The van der Waals surface area contributed by atoms with Crippen LogP contribution in [0.3, 0.4) is 0 Å². The van der Waals surface area contributed by atoms with Gasteiger partial charge in [-0.2, -0.15) is 0 Å². The zero-order valence-electron chi connectivity index (χ0n) is 16.1. The average molecular weight is 345 g/mol. The van der Waals surface area contributed by atoms with Crippen LogP contribution >= 0.6 is 0 Å². The molecule has 0 atom stereocenters. The quantitative estimate of drug-likeness (QED) is 0.674. The van der Waals surface area contributed by atoms with Crippen LogP contribution in [0.5, 0.6) is 11.5 Å². The van der Waals surface area contributed by atoms with Crippen LogP contribution in [0, 0.1) is 0 Å². The van der Waals surface area contributed by atoms with Crippen molar-refractivity contribution < 1.29 is 14.3 Å². The van der Waals surface area contributed by atoms with Crippen molar-refractivity contribution in [2.24, 2.45) is 0 Å². The number of carbonyl (C=O) groups excluding carboxylic acids is 1. The number of amides is 1. The smallest absolute Gasteiger partial charge is 0.247 e. The summed E-state index contributed by atoms with van der Waals surface area (Å²) in [5.41, 5.74) is 0.927. The lowest BCUT2D eigenvalue weighted by atomic mass is 10.1. The maximum Gasteiger partial charge on any atom is 0.247 e. The van der Waals surface area contributed by atoms with Crippen molar-refractivity contribution in [2.45, 2.75) is 71.6 Å². The fraction of sp³-hybridized carbons (Fsp3) is 0.571. The molecule has 4 nitrogen and oxygen atoms in total. The van der Waals surface area contributed by atoms with E-state index in [1.54, 1.807) is 13.2 Å². The van der Waals surface area contributed by atoms with Crippen molar-refractivity contribution in [3.63, 3.8) is 0 Å². The van der Waals surface area contributed by atoms with Gasteiger partial charge in [-0.05, 0) is 64.3 Å². The van der Waals surface area contributed by atoms with Crippen molar-refractivity contribution in [3.8, 4) is 11.5 Å². The zero-order valence-corrected chi connectivity index (χ0v) is 16.1. The van der Waals surface area contributed by atoms with E-state index in [9.17, 15) is 4.79 Å². The molecule has 1 aliphatic rings. The third-order valence-electron chi connectivity index (χ3n) is 4.50. The first-order valence-corrected chi connectivity index (χ1v) is 9.27. The van der Waals surface area contributed by atoms with Gasteiger partial charge in [0.1, 0.15) is 0 Å². The van der Waals surface area contributed by atoms with Gasteiger partial charge in [0.05, 0.1) is 13.2 Å². The van der Waals surface area contributed by atoms with Crippen molar-refractivity contribution in [2.75, 3.05) is 7.11 Å². The second-order valence-corrected chi connectivity index (χ2v) is 7.19. The minimum absolute atomic E-state index is 0.0860. The van der Waals surface area contributed by atoms with E-state index < -0.39 is 0 Å². The molecule has 0 unspecified atom stereocenters. The molecule has 1 aliphatic carbocycles. The highest BCUT2D eigenvalue weighted by Crippen LogP contribution is 2.30. The largest absolute Gasteiger partial charge is 0.493 e. The number of carbonyl (C=O) groups is 1. The van der Waals surface area contributed by atoms with Gasteiger partial charge < -0.3 is 14.4 Å². The summed E-state index contributed by atoms with van der Waals surface area (Å²) in [4.78, 5) is 14.7. The molecule has 1 saturated carbocycles. The first kappa shape index (κ1) is 19.4. The van der Waals surface area contributed by atoms with Crippen LogP contribution in [0.4, 0.5) is 0 Å². The molecular formula is C21H31NO3. The maximum absolute atomic E-state index is 12.7. The van der Waals surface area contributed by atoms with E-state index in [2.05, 4.69) is 13.8 Å². The monoisotopic (exact) mass is 345 g/mol. The topological polar surface area (TPSA) is 38.8 Å². The lowest BCUT2D eigenvalue weighted by Crippen LogP contribution is -2.42. The standard InChI is InChI=1S/C21H31NO3/c1-15(2)22(18-8-6-7-9-18)21(23)13-11-17-10-12-19(25-16(3)4)20(14-17)24-5/h10-16,18H,6-9H2,1-5H3/b13-11-. The highest BCUT2D eigenvalue weighted by atomic mass is 16.5. The minimum Gasteiger partial charge on any atom is -0.493 e. The van der Waals surface area contributed by atoms with Gasteiger partial charge in [0.25, 0.3) is 0 Å². The highest BCUT2D eigenvalue weighted by Gasteiger charge is 2.27. The molecule has 1 amide bonds. The van der Waals surface area contributed by atoms with Gasteiger partial charge in [-0.15, -0.1) is 0 Å². The first-order valence-electron chi connectivity index (χ1n) is 9.27. The molecule has 0 saturated heterocycles. The predicted molar refractivity (Wildman–Crippen MR) is 102 cm³/mol. The Labute approximate surface area is 151 Å². The number of hydrogen-bond acceptors (Lipinski definition) is 3. The lowest BCUT2D eigenvalue weighted by molar-refractivity contribution is -0.130. The summed E-state index contributed by atoms with van der Waals surface area (Å²) in [6.07, 6.45) is 8.30. The Balaban J connectivity index is 2.12. The molecule has 0 heterocycles. The van der Waals surface area contributed by atoms with Crippen LogP contribution < -0.4 is 9.47 Å². The molecule has 0 aromatic heterocycles. The maximum atomic E-state index is 12.7. The third kappa shape index (κ3) is 5.25. The van der Waals surface area contributed by atoms with Crippen molar-refractivity contribution in [1.82, 2.24) is 4.90 Å². The summed E-state index contributed by atoms with van der Waals surface area (Å²) in [6, 6.07) is 6.33. The summed E-state index contributed by atoms with van der Waals surface area (Å²) in [5.74, 6) is 1.49. The molecule has 2 rings (SSSR count). The number of hydrogen-bond donors (Lipinski definition) is 0. The molecule has 0 bridgehead atoms. The van der Waals surface area contributed by atoms with Crippen LogP contribution in [-0.4, -0.2) is 36.1 Å². The van der Waals surface area contributed by atoms with E-state index in [0.29, 0.717) is 11.8 Å². The Morgan fingerprint density at radius 3 is 2.40 bits per heavy atom. The summed E-state index contributed by atoms with van der Waals surface area (Å²) >= 11 is 0. The van der Waals surface area contributed by atoms with E-state index in [4.69, 9.17) is 9.47 Å². The fourth-order valence-electron chi connectivity index (χ4n) is 3.43. The first-order chi connectivity index (χ1) is 11.9. The molecule has 1 aromatic rings. The van der Waals surface area contributed by atoms with E-state index in [0.717, 1.165) is 24.2 Å². The van der Waals surface area contributed by atoms with Gasteiger partial charge >= 0.3 is 0 Å². The van der Waals surface area contributed by atoms with E-state index >= 15 is 0 Å². The van der Waals surface area contributed by atoms with Gasteiger partial charge in [0, 0.05) is 18.2 Å². The molecule has 0 spiro atoms. The Morgan fingerprint density at radius 2 is 1.84 bits per heavy atom. The number of methoxy groups -OCH3 is 1. The third-order valence-corrected chi connectivity index (χ3v) is 4.50. The Morgan fingerprint density at radius 1 is 1.16 bits per heavy atom. The summed E-state index contributed by atoms with van der Waals surface area (Å²) < 4.78 is 11.1. The fourth-order valence-corrected chi connectivity index (χ4v) is 3.43. The van der Waals surface area contributed by atoms with E-state index in [1.807, 2.05) is 43.0 Å². The Bertz CT molecular complexity index is 601. The second-order valence-electron chi connectivity index (χ2n) is 7.19. The summed E-state index contributed by atoms with van der Waals surface area (Å²) in [6.45, 7) is 8.14. The number of nitrogens with zero attached hydrogens (tertiary/aromatic N) is 1. The van der Waals surface area contributed by atoms with Crippen LogP contribution in [0.25, 0.3) is 6.08 Å². The number of ether oxygens (including phenoxy) is 2. The number of benzene rings is 1. The molecule has 0 aliphatic heterocycles. The summed E-state index contributed by atoms with van der Waals surface area (Å²) in [5, 5.41) is 0. The van der Waals surface area contributed by atoms with E-state index in [1.165, 1.54) is 12.8 Å². The van der Waals surface area contributed by atoms with Gasteiger partial charge in [-0.25, -0.2) is 0 Å². The molecule has 1 aromatic carbocycles. The number of rotatable bonds is 7. The van der Waals surface area contributed by atoms with E-state index in [-0.39, 0.29) is 18.1 Å². The van der Waals surface area contributed by atoms with Crippen molar-refractivity contribution >= 4 is 12.0 Å². The zero-order chi connectivity index (χ0) is 18.4. The Hall–Kier alpha value is -1.97.